The molecule has 2 aromatic rings. The largest absolute Gasteiger partial charge is 0.493 e. The minimum Gasteiger partial charge on any atom is -0.493 e. The van der Waals surface area contributed by atoms with Crippen LogP contribution in [0, 0.1) is 0 Å². The summed E-state index contributed by atoms with van der Waals surface area (Å²) in [6.07, 6.45) is 1.72. The van der Waals surface area contributed by atoms with Gasteiger partial charge in [0.05, 0.1) is 13.3 Å². The van der Waals surface area contributed by atoms with Gasteiger partial charge in [-0.1, -0.05) is 12.1 Å². The SMILES string of the molecule is CNc1cccc(-c2c(OC)cnn2C)c1. The number of aromatic nitrogens is 2. The number of nitrogens with one attached hydrogen (secondary N) is 1. The molecule has 0 bridgehead atoms. The van der Waals surface area contributed by atoms with Gasteiger partial charge in [0.25, 0.3) is 0 Å². The zero-order chi connectivity index (χ0) is 11.5. The second kappa shape index (κ2) is 4.26. The third-order valence-electron chi connectivity index (χ3n) is 2.55. The number of rotatable bonds is 3. The Morgan fingerprint density at radius 2 is 2.19 bits per heavy atom. The predicted octanol–water partition coefficient (Wildman–Crippen LogP) is 2.14. The van der Waals surface area contributed by atoms with E-state index in [2.05, 4.69) is 16.5 Å². The Morgan fingerprint density at radius 1 is 1.38 bits per heavy atom. The molecule has 0 amide bonds. The van der Waals surface area contributed by atoms with Crippen LogP contribution in [0.15, 0.2) is 30.5 Å². The minimum atomic E-state index is 0.788. The Morgan fingerprint density at radius 3 is 2.88 bits per heavy atom. The molecule has 0 aliphatic rings. The Balaban J connectivity index is 2.53. The smallest absolute Gasteiger partial charge is 0.164 e. The number of methoxy groups -OCH3 is 1. The van der Waals surface area contributed by atoms with Crippen LogP contribution >= 0.6 is 0 Å². The first-order chi connectivity index (χ1) is 7.76. The molecule has 0 spiro atoms. The van der Waals surface area contributed by atoms with Crippen LogP contribution in [0.2, 0.25) is 0 Å². The zero-order valence-electron chi connectivity index (χ0n) is 9.69. The molecule has 0 saturated heterocycles. The number of hydrogen-bond acceptors (Lipinski definition) is 3. The van der Waals surface area contributed by atoms with Gasteiger partial charge < -0.3 is 10.1 Å². The fourth-order valence-electron chi connectivity index (χ4n) is 1.72. The van der Waals surface area contributed by atoms with Crippen molar-refractivity contribution < 1.29 is 4.74 Å². The number of anilines is 1. The van der Waals surface area contributed by atoms with Gasteiger partial charge in [-0.2, -0.15) is 5.10 Å². The molecule has 0 unspecified atom stereocenters. The molecule has 1 aromatic heterocycles. The topological polar surface area (TPSA) is 39.1 Å². The maximum Gasteiger partial charge on any atom is 0.164 e. The highest BCUT2D eigenvalue weighted by molar-refractivity contribution is 5.70. The molecule has 1 aromatic carbocycles. The fraction of sp³-hybridized carbons (Fsp3) is 0.250. The van der Waals surface area contributed by atoms with E-state index in [4.69, 9.17) is 4.74 Å². The summed E-state index contributed by atoms with van der Waals surface area (Å²) in [5.74, 6) is 0.788. The molecule has 84 valence electrons. The minimum absolute atomic E-state index is 0.788. The van der Waals surface area contributed by atoms with Crippen LogP contribution in [0.1, 0.15) is 0 Å². The lowest BCUT2D eigenvalue weighted by Crippen LogP contribution is -1.96. The predicted molar refractivity (Wildman–Crippen MR) is 64.7 cm³/mol. The molecule has 1 N–H and O–H groups in total. The number of nitrogens with zero attached hydrogens (tertiary/aromatic N) is 2. The molecule has 0 radical (unpaired) electrons. The normalized spacial score (nSPS) is 10.2. The van der Waals surface area contributed by atoms with Crippen molar-refractivity contribution in [2.75, 3.05) is 19.5 Å². The Labute approximate surface area is 94.9 Å². The van der Waals surface area contributed by atoms with Crippen LogP contribution in [0.25, 0.3) is 11.3 Å². The van der Waals surface area contributed by atoms with E-state index in [1.54, 1.807) is 13.3 Å². The number of benzene rings is 1. The van der Waals surface area contributed by atoms with E-state index in [0.717, 1.165) is 22.7 Å². The molecule has 0 aliphatic heterocycles. The van der Waals surface area contributed by atoms with Crippen LogP contribution in [0.3, 0.4) is 0 Å². The van der Waals surface area contributed by atoms with Gasteiger partial charge >= 0.3 is 0 Å². The quantitative estimate of drug-likeness (QED) is 0.856. The lowest BCUT2D eigenvalue weighted by Gasteiger charge is -2.07. The van der Waals surface area contributed by atoms with E-state index in [9.17, 15) is 0 Å². The van der Waals surface area contributed by atoms with Crippen molar-refractivity contribution in [2.24, 2.45) is 7.05 Å². The van der Waals surface area contributed by atoms with Crippen LogP contribution in [-0.2, 0) is 7.05 Å². The van der Waals surface area contributed by atoms with Gasteiger partial charge in [0.2, 0.25) is 0 Å². The van der Waals surface area contributed by atoms with Gasteiger partial charge in [-0.3, -0.25) is 4.68 Å². The summed E-state index contributed by atoms with van der Waals surface area (Å²) in [6.45, 7) is 0. The van der Waals surface area contributed by atoms with Gasteiger partial charge in [-0.05, 0) is 12.1 Å². The highest BCUT2D eigenvalue weighted by Gasteiger charge is 2.11. The summed E-state index contributed by atoms with van der Waals surface area (Å²) < 4.78 is 7.10. The number of ether oxygens (including phenoxy) is 1. The maximum absolute atomic E-state index is 5.29. The second-order valence-electron chi connectivity index (χ2n) is 3.52. The van der Waals surface area contributed by atoms with Crippen LogP contribution < -0.4 is 10.1 Å². The molecule has 4 heteroatoms. The summed E-state index contributed by atoms with van der Waals surface area (Å²) in [5, 5.41) is 7.31. The summed E-state index contributed by atoms with van der Waals surface area (Å²) in [5.41, 5.74) is 3.14. The van der Waals surface area contributed by atoms with Crippen LogP contribution in [-0.4, -0.2) is 23.9 Å². The first-order valence-corrected chi connectivity index (χ1v) is 5.10. The summed E-state index contributed by atoms with van der Waals surface area (Å²) in [6, 6.07) is 8.14. The highest BCUT2D eigenvalue weighted by Crippen LogP contribution is 2.30. The number of hydrogen-bond donors (Lipinski definition) is 1. The van der Waals surface area contributed by atoms with E-state index >= 15 is 0 Å². The second-order valence-corrected chi connectivity index (χ2v) is 3.52. The molecule has 16 heavy (non-hydrogen) atoms. The maximum atomic E-state index is 5.29. The Bertz CT molecular complexity index is 491. The summed E-state index contributed by atoms with van der Waals surface area (Å²) in [4.78, 5) is 0. The van der Waals surface area contributed by atoms with Crippen molar-refractivity contribution in [3.63, 3.8) is 0 Å². The van der Waals surface area contributed by atoms with Crippen molar-refractivity contribution in [3.8, 4) is 17.0 Å². The number of aryl methyl sites for hydroxylation is 1. The van der Waals surface area contributed by atoms with Crippen molar-refractivity contribution in [3.05, 3.63) is 30.5 Å². The first-order valence-electron chi connectivity index (χ1n) is 5.10. The highest BCUT2D eigenvalue weighted by atomic mass is 16.5. The molecule has 0 saturated carbocycles. The van der Waals surface area contributed by atoms with E-state index in [1.807, 2.05) is 37.0 Å². The molecule has 4 nitrogen and oxygen atoms in total. The lowest BCUT2D eigenvalue weighted by atomic mass is 10.1. The zero-order valence-corrected chi connectivity index (χ0v) is 9.69. The van der Waals surface area contributed by atoms with Crippen LogP contribution in [0.4, 0.5) is 5.69 Å². The molecule has 0 aliphatic carbocycles. The van der Waals surface area contributed by atoms with Gasteiger partial charge in [0, 0.05) is 25.3 Å². The van der Waals surface area contributed by atoms with E-state index in [1.165, 1.54) is 0 Å². The standard InChI is InChI=1S/C12H15N3O/c1-13-10-6-4-5-9(7-10)12-11(16-3)8-14-15(12)2/h4-8,13H,1-3H3. The van der Waals surface area contributed by atoms with E-state index in [-0.39, 0.29) is 0 Å². The average Bonchev–Trinajstić information content (AvgIpc) is 2.70. The van der Waals surface area contributed by atoms with E-state index < -0.39 is 0 Å². The monoisotopic (exact) mass is 217 g/mol. The molecule has 1 heterocycles. The molecular formula is C12H15N3O. The summed E-state index contributed by atoms with van der Waals surface area (Å²) >= 11 is 0. The third kappa shape index (κ3) is 1.74. The van der Waals surface area contributed by atoms with E-state index in [0.29, 0.717) is 0 Å². The fourth-order valence-corrected chi connectivity index (χ4v) is 1.72. The molecule has 2 rings (SSSR count). The van der Waals surface area contributed by atoms with Gasteiger partial charge in [0.15, 0.2) is 5.75 Å². The van der Waals surface area contributed by atoms with Crippen molar-refractivity contribution in [2.45, 2.75) is 0 Å². The van der Waals surface area contributed by atoms with Crippen molar-refractivity contribution >= 4 is 5.69 Å². The van der Waals surface area contributed by atoms with Crippen LogP contribution in [0.5, 0.6) is 5.75 Å². The Hall–Kier alpha value is -1.97. The lowest BCUT2D eigenvalue weighted by molar-refractivity contribution is 0.416. The van der Waals surface area contributed by atoms with Gasteiger partial charge in [-0.15, -0.1) is 0 Å². The molecular weight excluding hydrogens is 202 g/mol. The van der Waals surface area contributed by atoms with Crippen molar-refractivity contribution in [1.82, 2.24) is 9.78 Å². The van der Waals surface area contributed by atoms with Gasteiger partial charge in [-0.25, -0.2) is 0 Å². The molecule has 0 fully saturated rings. The Kier molecular flexibility index (Phi) is 2.81. The first kappa shape index (κ1) is 10.5. The van der Waals surface area contributed by atoms with Crippen molar-refractivity contribution in [1.29, 1.82) is 0 Å². The third-order valence-corrected chi connectivity index (χ3v) is 2.55. The summed E-state index contributed by atoms with van der Waals surface area (Å²) in [7, 11) is 5.46. The molecule has 0 atom stereocenters. The van der Waals surface area contributed by atoms with Gasteiger partial charge in [0.1, 0.15) is 5.69 Å². The average molecular weight is 217 g/mol.